The van der Waals surface area contributed by atoms with Crippen LogP contribution in [-0.2, 0) is 26.2 Å². The molecule has 2 rings (SSSR count). The molecule has 1 atom stereocenters. The van der Waals surface area contributed by atoms with Gasteiger partial charge in [0, 0.05) is 10.4 Å². The van der Waals surface area contributed by atoms with Gasteiger partial charge in [0.05, 0.1) is 18.0 Å². The zero-order valence-electron chi connectivity index (χ0n) is 18.7. The van der Waals surface area contributed by atoms with Gasteiger partial charge in [-0.25, -0.2) is 17.5 Å². The van der Waals surface area contributed by atoms with Crippen LogP contribution in [0.1, 0.15) is 45.4 Å². The van der Waals surface area contributed by atoms with Gasteiger partial charge >= 0.3 is 0 Å². The Kier molecular flexibility index (Phi) is 8.94. The molecule has 0 aliphatic rings. The molecule has 1 heterocycles. The molecule has 1 aromatic carbocycles. The number of nitrogens with zero attached hydrogens (tertiary/aromatic N) is 1. The Labute approximate surface area is 193 Å². The van der Waals surface area contributed by atoms with E-state index in [0.717, 1.165) is 29.1 Å². The number of rotatable bonds is 10. The van der Waals surface area contributed by atoms with Crippen LogP contribution in [0.3, 0.4) is 0 Å². The largest absolute Gasteiger partial charge is 0.350 e. The van der Waals surface area contributed by atoms with Gasteiger partial charge in [-0.3, -0.25) is 9.59 Å². The normalized spacial score (nSPS) is 12.9. The minimum Gasteiger partial charge on any atom is -0.350 e. The molecule has 1 unspecified atom stereocenters. The number of thiophene rings is 1. The Morgan fingerprint density at radius 3 is 2.34 bits per heavy atom. The summed E-state index contributed by atoms with van der Waals surface area (Å²) in [6.07, 6.45) is 1.10. The molecule has 32 heavy (non-hydrogen) atoms. The maximum Gasteiger partial charge on any atom is 0.243 e. The number of carbonyl (C=O) groups is 2. The molecule has 0 bridgehead atoms. The van der Waals surface area contributed by atoms with Gasteiger partial charge in [0.15, 0.2) is 0 Å². The summed E-state index contributed by atoms with van der Waals surface area (Å²) in [6, 6.07) is 7.29. The molecular weight excluding hydrogens is 453 g/mol. The maximum absolute atomic E-state index is 13.2. The fraction of sp³-hybridized carbons (Fsp3) is 0.455. The highest BCUT2D eigenvalue weighted by atomic mass is 32.2. The smallest absolute Gasteiger partial charge is 0.243 e. The fourth-order valence-corrected chi connectivity index (χ4v) is 4.73. The molecule has 176 valence electrons. The predicted molar refractivity (Wildman–Crippen MR) is 123 cm³/mol. The van der Waals surface area contributed by atoms with Gasteiger partial charge in [-0.15, -0.1) is 11.3 Å². The first-order valence-corrected chi connectivity index (χ1v) is 12.7. The van der Waals surface area contributed by atoms with Gasteiger partial charge in [-0.1, -0.05) is 19.4 Å². The van der Waals surface area contributed by atoms with E-state index in [4.69, 9.17) is 0 Å². The van der Waals surface area contributed by atoms with Crippen LogP contribution >= 0.6 is 11.3 Å². The summed E-state index contributed by atoms with van der Waals surface area (Å²) < 4.78 is 40.4. The summed E-state index contributed by atoms with van der Waals surface area (Å²) in [5.41, 5.74) is -0.481. The molecule has 2 N–H and O–H groups in total. The zero-order chi connectivity index (χ0) is 23.9. The molecule has 0 aliphatic heterocycles. The van der Waals surface area contributed by atoms with Crippen molar-refractivity contribution in [2.45, 2.75) is 63.6 Å². The minimum absolute atomic E-state index is 0.146. The number of carbonyl (C=O) groups excluding carboxylic acids is 2. The van der Waals surface area contributed by atoms with Crippen molar-refractivity contribution in [2.24, 2.45) is 0 Å². The van der Waals surface area contributed by atoms with Gasteiger partial charge in [-0.05, 0) is 62.9 Å². The number of sulfonamides is 1. The quantitative estimate of drug-likeness (QED) is 0.542. The first kappa shape index (κ1) is 26.0. The van der Waals surface area contributed by atoms with E-state index in [9.17, 15) is 22.4 Å². The second-order valence-electron chi connectivity index (χ2n) is 8.42. The number of amides is 2. The third-order valence-electron chi connectivity index (χ3n) is 4.50. The lowest BCUT2D eigenvalue weighted by Crippen LogP contribution is -2.55. The molecule has 2 aromatic rings. The average Bonchev–Trinajstić information content (AvgIpc) is 3.21. The van der Waals surface area contributed by atoms with E-state index in [1.807, 2.05) is 45.2 Å². The molecule has 2 amide bonds. The van der Waals surface area contributed by atoms with Gasteiger partial charge in [0.2, 0.25) is 21.8 Å². The van der Waals surface area contributed by atoms with Crippen molar-refractivity contribution >= 4 is 33.2 Å². The number of nitrogens with one attached hydrogen (secondary N) is 2. The van der Waals surface area contributed by atoms with Crippen molar-refractivity contribution in [2.75, 3.05) is 6.54 Å². The SMILES string of the molecule is CCCC(C(=O)NC(C)(C)C)N(Cc1cccs1)C(=O)CNS(=O)(=O)c1ccc(F)cc1. The van der Waals surface area contributed by atoms with Crippen molar-refractivity contribution in [3.05, 3.63) is 52.5 Å². The zero-order valence-corrected chi connectivity index (χ0v) is 20.4. The first-order valence-electron chi connectivity index (χ1n) is 10.3. The highest BCUT2D eigenvalue weighted by Crippen LogP contribution is 2.18. The molecule has 10 heteroatoms. The highest BCUT2D eigenvalue weighted by Gasteiger charge is 2.32. The van der Waals surface area contributed by atoms with Crippen molar-refractivity contribution in [3.63, 3.8) is 0 Å². The Balaban J connectivity index is 2.24. The lowest BCUT2D eigenvalue weighted by molar-refractivity contribution is -0.141. The Morgan fingerprint density at radius 1 is 1.16 bits per heavy atom. The number of hydrogen-bond acceptors (Lipinski definition) is 5. The van der Waals surface area contributed by atoms with Gasteiger partial charge < -0.3 is 10.2 Å². The number of hydrogen-bond donors (Lipinski definition) is 2. The minimum atomic E-state index is -4.02. The monoisotopic (exact) mass is 483 g/mol. The van der Waals surface area contributed by atoms with Gasteiger partial charge in [-0.2, -0.15) is 0 Å². The Hall–Kier alpha value is -2.30. The molecule has 1 aromatic heterocycles. The summed E-state index contributed by atoms with van der Waals surface area (Å²) in [5.74, 6) is -1.37. The summed E-state index contributed by atoms with van der Waals surface area (Å²) in [6.45, 7) is 7.16. The lowest BCUT2D eigenvalue weighted by atomic mass is 10.0. The van der Waals surface area contributed by atoms with Crippen LogP contribution in [0.4, 0.5) is 4.39 Å². The van der Waals surface area contributed by atoms with Crippen LogP contribution in [0.15, 0.2) is 46.7 Å². The molecule has 0 saturated heterocycles. The van der Waals surface area contributed by atoms with Crippen molar-refractivity contribution in [3.8, 4) is 0 Å². The maximum atomic E-state index is 13.2. The average molecular weight is 484 g/mol. The molecular formula is C22H30FN3O4S2. The summed E-state index contributed by atoms with van der Waals surface area (Å²) in [4.78, 5) is 28.3. The number of benzene rings is 1. The number of halogens is 1. The van der Waals surface area contributed by atoms with Gasteiger partial charge in [0.1, 0.15) is 11.9 Å². The van der Waals surface area contributed by atoms with Crippen molar-refractivity contribution in [1.29, 1.82) is 0 Å². The van der Waals surface area contributed by atoms with E-state index in [1.54, 1.807) is 0 Å². The topological polar surface area (TPSA) is 95.6 Å². The fourth-order valence-electron chi connectivity index (χ4n) is 3.05. The summed E-state index contributed by atoms with van der Waals surface area (Å²) in [7, 11) is -4.02. The van der Waals surface area contributed by atoms with Crippen LogP contribution < -0.4 is 10.0 Å². The summed E-state index contributed by atoms with van der Waals surface area (Å²) in [5, 5.41) is 4.79. The van der Waals surface area contributed by atoms with Crippen LogP contribution in [0.25, 0.3) is 0 Å². The second kappa shape index (κ2) is 11.0. The van der Waals surface area contributed by atoms with E-state index in [2.05, 4.69) is 10.0 Å². The van der Waals surface area contributed by atoms with Crippen molar-refractivity contribution in [1.82, 2.24) is 14.9 Å². The lowest BCUT2D eigenvalue weighted by Gasteiger charge is -2.33. The van der Waals surface area contributed by atoms with E-state index < -0.39 is 39.9 Å². The molecule has 0 fully saturated rings. The molecule has 0 aliphatic carbocycles. The standard InChI is InChI=1S/C22H30FN3O4S2/c1-5-7-19(21(28)25-22(2,3)4)26(15-17-8-6-13-31-17)20(27)14-24-32(29,30)18-11-9-16(23)10-12-18/h6,8-13,19,24H,5,7,14-15H2,1-4H3,(H,25,28). The van der Waals surface area contributed by atoms with E-state index >= 15 is 0 Å². The molecule has 7 nitrogen and oxygen atoms in total. The highest BCUT2D eigenvalue weighted by molar-refractivity contribution is 7.89. The molecule has 0 radical (unpaired) electrons. The Morgan fingerprint density at radius 2 is 1.81 bits per heavy atom. The van der Waals surface area contributed by atoms with Crippen LogP contribution in [0.2, 0.25) is 0 Å². The Bertz CT molecular complexity index is 1000. The van der Waals surface area contributed by atoms with Crippen LogP contribution in [0, 0.1) is 5.82 Å². The van der Waals surface area contributed by atoms with Crippen LogP contribution in [0.5, 0.6) is 0 Å². The molecule has 0 saturated carbocycles. The van der Waals surface area contributed by atoms with Crippen molar-refractivity contribution < 1.29 is 22.4 Å². The third-order valence-corrected chi connectivity index (χ3v) is 6.78. The predicted octanol–water partition coefficient (Wildman–Crippen LogP) is 3.28. The van der Waals surface area contributed by atoms with Gasteiger partial charge in [0.25, 0.3) is 0 Å². The third kappa shape index (κ3) is 7.68. The van der Waals surface area contributed by atoms with E-state index in [0.29, 0.717) is 12.8 Å². The van der Waals surface area contributed by atoms with E-state index in [1.165, 1.54) is 16.2 Å². The van der Waals surface area contributed by atoms with Crippen LogP contribution in [-0.4, -0.2) is 43.3 Å². The van der Waals surface area contributed by atoms with E-state index in [-0.39, 0.29) is 17.3 Å². The second-order valence-corrected chi connectivity index (χ2v) is 11.2. The molecule has 0 spiro atoms. The summed E-state index contributed by atoms with van der Waals surface area (Å²) >= 11 is 1.45. The first-order chi connectivity index (χ1) is 14.9.